The number of hydrogen-bond donors (Lipinski definition) is 3. The smallest absolute Gasteiger partial charge is 0.462 e. The molecule has 0 aliphatic rings. The van der Waals surface area contributed by atoms with Crippen molar-refractivity contribution in [3.05, 3.63) is 0 Å². The molecule has 0 saturated heterocycles. The van der Waals surface area contributed by atoms with Gasteiger partial charge in [-0.3, -0.25) is 37.3 Å². The van der Waals surface area contributed by atoms with Gasteiger partial charge in [0.25, 0.3) is 0 Å². The van der Waals surface area contributed by atoms with Gasteiger partial charge in [0, 0.05) is 25.7 Å². The highest BCUT2D eigenvalue weighted by Crippen LogP contribution is 2.45. The van der Waals surface area contributed by atoms with E-state index in [4.69, 9.17) is 37.0 Å². The molecule has 0 amide bonds. The van der Waals surface area contributed by atoms with Crippen LogP contribution in [0.25, 0.3) is 0 Å². The minimum absolute atomic E-state index is 0.104. The van der Waals surface area contributed by atoms with E-state index in [0.717, 1.165) is 114 Å². The van der Waals surface area contributed by atoms with Crippen molar-refractivity contribution in [1.82, 2.24) is 0 Å². The van der Waals surface area contributed by atoms with Gasteiger partial charge in [0.05, 0.1) is 26.4 Å². The lowest BCUT2D eigenvalue weighted by molar-refractivity contribution is -0.161. The molecular formula is C70H136O17P2. The largest absolute Gasteiger partial charge is 0.472 e. The third-order valence-corrected chi connectivity index (χ3v) is 19.1. The van der Waals surface area contributed by atoms with Crippen LogP contribution in [0.5, 0.6) is 0 Å². The second-order valence-corrected chi connectivity index (χ2v) is 29.4. The maximum Gasteiger partial charge on any atom is 0.472 e. The highest BCUT2D eigenvalue weighted by Gasteiger charge is 2.30. The van der Waals surface area contributed by atoms with Gasteiger partial charge in [-0.2, -0.15) is 0 Å². The summed E-state index contributed by atoms with van der Waals surface area (Å²) in [6, 6.07) is 0. The lowest BCUT2D eigenvalue weighted by Gasteiger charge is -2.21. The van der Waals surface area contributed by atoms with Gasteiger partial charge >= 0.3 is 39.5 Å². The van der Waals surface area contributed by atoms with E-state index in [0.29, 0.717) is 25.7 Å². The standard InChI is InChI=1S/C70H136O17P2/c1-9-61(6)47-39-31-23-14-12-13-15-28-36-44-52-69(74)86-65(56-80-67(72)50-42-34-26-19-16-22-30-38-46-60(4)5)58-84-88(76,77)82-54-64(71)55-83-89(78,79)85-59-66(87-70(75)53-45-37-29-21-18-25-33-41-49-63(8)11-3)57-81-68(73)51-43-35-27-20-17-24-32-40-48-62(7)10-2/h60-66,71H,9-59H2,1-8H3,(H,76,77)(H,78,79)/t61?,62?,63?,64?,65-,66-/m1/s1. The quantitative estimate of drug-likeness (QED) is 0.0222. The number of ether oxygens (including phenoxy) is 4. The van der Waals surface area contributed by atoms with E-state index in [1.54, 1.807) is 0 Å². The average Bonchev–Trinajstić information content (AvgIpc) is 3.67. The zero-order chi connectivity index (χ0) is 66.1. The summed E-state index contributed by atoms with van der Waals surface area (Å²) in [6.07, 6.45) is 41.5. The van der Waals surface area contributed by atoms with Crippen molar-refractivity contribution in [2.45, 2.75) is 363 Å². The van der Waals surface area contributed by atoms with Crippen LogP contribution >= 0.6 is 15.6 Å². The minimum atomic E-state index is -4.95. The van der Waals surface area contributed by atoms with Crippen LogP contribution in [0.1, 0.15) is 344 Å². The Morgan fingerprint density at radius 3 is 0.798 bits per heavy atom. The Morgan fingerprint density at radius 1 is 0.315 bits per heavy atom. The molecule has 0 fully saturated rings. The fourth-order valence-electron chi connectivity index (χ4n) is 10.4. The number of carbonyl (C=O) groups excluding carboxylic acids is 4. The van der Waals surface area contributed by atoms with Crippen molar-refractivity contribution < 1.29 is 80.2 Å². The Balaban J connectivity index is 5.28. The number of aliphatic hydroxyl groups excluding tert-OH is 1. The van der Waals surface area contributed by atoms with E-state index in [-0.39, 0.29) is 25.7 Å². The van der Waals surface area contributed by atoms with Crippen LogP contribution in [0.2, 0.25) is 0 Å². The number of phosphoric ester groups is 2. The topological polar surface area (TPSA) is 237 Å². The molecule has 89 heavy (non-hydrogen) atoms. The molecule has 0 aromatic heterocycles. The van der Waals surface area contributed by atoms with E-state index in [1.165, 1.54) is 148 Å². The van der Waals surface area contributed by atoms with E-state index in [9.17, 15) is 43.2 Å². The number of carbonyl (C=O) groups is 4. The predicted molar refractivity (Wildman–Crippen MR) is 358 cm³/mol. The van der Waals surface area contributed by atoms with Crippen molar-refractivity contribution in [2.24, 2.45) is 23.7 Å². The zero-order valence-corrected chi connectivity index (χ0v) is 59.8. The zero-order valence-electron chi connectivity index (χ0n) is 58.1. The van der Waals surface area contributed by atoms with Crippen molar-refractivity contribution in [1.29, 1.82) is 0 Å². The first-order valence-electron chi connectivity index (χ1n) is 36.3. The van der Waals surface area contributed by atoms with E-state index in [2.05, 4.69) is 55.4 Å². The summed E-state index contributed by atoms with van der Waals surface area (Å²) in [4.78, 5) is 72.6. The second kappa shape index (κ2) is 59.8. The van der Waals surface area contributed by atoms with Crippen LogP contribution in [-0.4, -0.2) is 96.7 Å². The van der Waals surface area contributed by atoms with E-state index in [1.807, 2.05) is 0 Å². The first-order chi connectivity index (χ1) is 42.7. The first-order valence-corrected chi connectivity index (χ1v) is 39.3. The number of phosphoric acid groups is 2. The van der Waals surface area contributed by atoms with E-state index >= 15 is 0 Å². The SMILES string of the molecule is CCC(C)CCCCCCCCCCCCC(=O)O[C@H](COC(=O)CCCCCCCCCCC(C)C)COP(=O)(O)OCC(O)COP(=O)(O)OC[C@@H](COC(=O)CCCCCCCCCCC(C)CC)OC(=O)CCCCCCCCCCC(C)CC. The van der Waals surface area contributed by atoms with Crippen molar-refractivity contribution in [2.75, 3.05) is 39.6 Å². The Bertz CT molecular complexity index is 1770. The summed E-state index contributed by atoms with van der Waals surface area (Å²) >= 11 is 0. The van der Waals surface area contributed by atoms with Crippen molar-refractivity contribution >= 4 is 39.5 Å². The molecule has 0 heterocycles. The number of esters is 4. The molecule has 0 aromatic carbocycles. The number of unbranched alkanes of at least 4 members (excludes halogenated alkanes) is 30. The third kappa shape index (κ3) is 60.7. The summed E-state index contributed by atoms with van der Waals surface area (Å²) < 4.78 is 68.3. The molecule has 0 spiro atoms. The van der Waals surface area contributed by atoms with E-state index < -0.39 is 97.5 Å². The van der Waals surface area contributed by atoms with Crippen LogP contribution in [-0.2, 0) is 65.4 Å². The third-order valence-electron chi connectivity index (χ3n) is 17.2. The predicted octanol–water partition coefficient (Wildman–Crippen LogP) is 19.7. The van der Waals surface area contributed by atoms with Gasteiger partial charge in [-0.15, -0.1) is 0 Å². The molecule has 0 rings (SSSR count). The molecule has 0 saturated carbocycles. The van der Waals surface area contributed by atoms with Gasteiger partial charge in [0.1, 0.15) is 19.3 Å². The maximum absolute atomic E-state index is 13.0. The molecule has 0 aliphatic carbocycles. The molecule has 0 radical (unpaired) electrons. The normalized spacial score (nSPS) is 15.2. The highest BCUT2D eigenvalue weighted by molar-refractivity contribution is 7.47. The Kier molecular flexibility index (Phi) is 58.5. The fourth-order valence-corrected chi connectivity index (χ4v) is 12.0. The average molecular weight is 1310 g/mol. The molecule has 3 N–H and O–H groups in total. The summed E-state index contributed by atoms with van der Waals surface area (Å²) in [5.41, 5.74) is 0. The fraction of sp³-hybridized carbons (Fsp3) is 0.943. The van der Waals surface area contributed by atoms with Crippen molar-refractivity contribution in [3.63, 3.8) is 0 Å². The molecular weight excluding hydrogens is 1170 g/mol. The van der Waals surface area contributed by atoms with Crippen LogP contribution in [0, 0.1) is 23.7 Å². The monoisotopic (exact) mass is 1310 g/mol. The number of hydrogen-bond acceptors (Lipinski definition) is 15. The molecule has 528 valence electrons. The Morgan fingerprint density at radius 2 is 0.539 bits per heavy atom. The summed E-state index contributed by atoms with van der Waals surface area (Å²) in [5.74, 6) is 0.945. The Labute approximate surface area is 543 Å². The highest BCUT2D eigenvalue weighted by atomic mass is 31.2. The minimum Gasteiger partial charge on any atom is -0.462 e. The van der Waals surface area contributed by atoms with Gasteiger partial charge in [-0.1, -0.05) is 293 Å². The van der Waals surface area contributed by atoms with Gasteiger partial charge in [0.2, 0.25) is 0 Å². The maximum atomic E-state index is 13.0. The van der Waals surface area contributed by atoms with Crippen molar-refractivity contribution in [3.8, 4) is 0 Å². The van der Waals surface area contributed by atoms with Crippen LogP contribution in [0.15, 0.2) is 0 Å². The van der Waals surface area contributed by atoms with Crippen LogP contribution in [0.4, 0.5) is 0 Å². The molecule has 19 heteroatoms. The summed E-state index contributed by atoms with van der Waals surface area (Å²) in [5, 5.41) is 10.6. The Hall–Kier alpha value is -1.94. The van der Waals surface area contributed by atoms with Gasteiger partial charge in [-0.25, -0.2) is 9.13 Å². The molecule has 17 nitrogen and oxygen atoms in total. The summed E-state index contributed by atoms with van der Waals surface area (Å²) in [7, 11) is -9.90. The molecule has 0 bridgehead atoms. The molecule has 0 aromatic rings. The van der Waals surface area contributed by atoms with Gasteiger partial charge in [0.15, 0.2) is 12.2 Å². The molecule has 6 unspecified atom stereocenters. The number of rotatable bonds is 67. The molecule has 8 atom stereocenters. The van der Waals surface area contributed by atoms with Crippen LogP contribution < -0.4 is 0 Å². The van der Waals surface area contributed by atoms with Gasteiger partial charge < -0.3 is 33.8 Å². The van der Waals surface area contributed by atoms with Gasteiger partial charge in [-0.05, 0) is 49.4 Å². The van der Waals surface area contributed by atoms with Crippen LogP contribution in [0.3, 0.4) is 0 Å². The molecule has 0 aliphatic heterocycles. The number of aliphatic hydroxyl groups is 1. The first kappa shape index (κ1) is 87.1. The lowest BCUT2D eigenvalue weighted by Crippen LogP contribution is -2.30. The lowest BCUT2D eigenvalue weighted by atomic mass is 9.99. The summed E-state index contributed by atoms with van der Waals surface area (Å²) in [6.45, 7) is 14.1. The second-order valence-electron chi connectivity index (χ2n) is 26.5.